The van der Waals surface area contributed by atoms with Crippen LogP contribution in [-0.2, 0) is 9.59 Å². The van der Waals surface area contributed by atoms with Crippen LogP contribution in [0.4, 0.5) is 4.79 Å². The molecule has 1 heterocycles. The molecule has 0 bridgehead atoms. The van der Waals surface area contributed by atoms with Crippen molar-refractivity contribution in [3.63, 3.8) is 0 Å². The summed E-state index contributed by atoms with van der Waals surface area (Å²) < 4.78 is 0. The summed E-state index contributed by atoms with van der Waals surface area (Å²) in [4.78, 5) is 35.6. The molecule has 20 heavy (non-hydrogen) atoms. The number of carboxylic acid groups (broad SMARTS) is 1. The summed E-state index contributed by atoms with van der Waals surface area (Å²) in [6.45, 7) is 3.47. The number of nitrogens with one attached hydrogen (secondary N) is 2. The van der Waals surface area contributed by atoms with E-state index in [2.05, 4.69) is 10.6 Å². The zero-order valence-corrected chi connectivity index (χ0v) is 11.9. The zero-order chi connectivity index (χ0) is 15.0. The number of hydrogen-bond acceptors (Lipinski definition) is 3. The van der Waals surface area contributed by atoms with Gasteiger partial charge < -0.3 is 20.6 Å². The van der Waals surface area contributed by atoms with Crippen molar-refractivity contribution in [1.82, 2.24) is 15.5 Å². The van der Waals surface area contributed by atoms with Gasteiger partial charge in [0.25, 0.3) is 0 Å². The lowest BCUT2D eigenvalue weighted by atomic mass is 10.1. The van der Waals surface area contributed by atoms with Crippen LogP contribution in [-0.4, -0.2) is 54.1 Å². The number of piperidine rings is 1. The lowest BCUT2D eigenvalue weighted by Crippen LogP contribution is -2.42. The molecule has 1 atom stereocenters. The summed E-state index contributed by atoms with van der Waals surface area (Å²) >= 11 is 0. The molecule has 1 fully saturated rings. The first-order valence-corrected chi connectivity index (χ1v) is 7.03. The van der Waals surface area contributed by atoms with Gasteiger partial charge in [-0.15, -0.1) is 0 Å². The molecular formula is C13H23N3O4. The molecule has 1 unspecified atom stereocenters. The van der Waals surface area contributed by atoms with E-state index in [1.54, 1.807) is 0 Å². The average molecular weight is 285 g/mol. The van der Waals surface area contributed by atoms with Crippen molar-refractivity contribution < 1.29 is 19.5 Å². The van der Waals surface area contributed by atoms with Crippen LogP contribution in [0.25, 0.3) is 0 Å². The van der Waals surface area contributed by atoms with Crippen LogP contribution in [0.15, 0.2) is 0 Å². The second kappa shape index (κ2) is 8.39. The Kier molecular flexibility index (Phi) is 6.83. The third kappa shape index (κ3) is 5.90. The molecule has 0 aromatic carbocycles. The van der Waals surface area contributed by atoms with Gasteiger partial charge in [0.2, 0.25) is 5.91 Å². The number of nitrogens with zero attached hydrogens (tertiary/aromatic N) is 1. The van der Waals surface area contributed by atoms with Gasteiger partial charge in [0.05, 0.1) is 5.92 Å². The summed E-state index contributed by atoms with van der Waals surface area (Å²) in [5.74, 6) is -1.52. The maximum Gasteiger partial charge on any atom is 0.314 e. The molecule has 0 aromatic rings. The molecule has 3 N–H and O–H groups in total. The second-order valence-electron chi connectivity index (χ2n) is 5.07. The fourth-order valence-corrected chi connectivity index (χ4v) is 1.98. The van der Waals surface area contributed by atoms with Crippen molar-refractivity contribution in [2.45, 2.75) is 32.6 Å². The highest BCUT2D eigenvalue weighted by Gasteiger charge is 2.16. The molecule has 3 amide bonds. The summed E-state index contributed by atoms with van der Waals surface area (Å²) in [7, 11) is 0. The first-order valence-electron chi connectivity index (χ1n) is 7.03. The maximum absolute atomic E-state index is 11.8. The molecule has 0 aliphatic carbocycles. The lowest BCUT2D eigenvalue weighted by Gasteiger charge is -2.26. The Morgan fingerprint density at radius 2 is 1.80 bits per heavy atom. The standard InChI is InChI=1S/C13H23N3O4/c1-10(12(18)19)9-15-13(20)14-6-5-11(17)16-7-3-2-4-8-16/h10H,2-9H2,1H3,(H,18,19)(H2,14,15,20). The fraction of sp³-hybridized carbons (Fsp3) is 0.769. The monoisotopic (exact) mass is 285 g/mol. The van der Waals surface area contributed by atoms with E-state index in [1.807, 2.05) is 4.90 Å². The van der Waals surface area contributed by atoms with Crippen molar-refractivity contribution in [2.75, 3.05) is 26.2 Å². The van der Waals surface area contributed by atoms with Crippen LogP contribution in [0.1, 0.15) is 32.6 Å². The van der Waals surface area contributed by atoms with Gasteiger partial charge in [0.1, 0.15) is 0 Å². The highest BCUT2D eigenvalue weighted by atomic mass is 16.4. The van der Waals surface area contributed by atoms with Gasteiger partial charge in [-0.05, 0) is 19.3 Å². The number of hydrogen-bond donors (Lipinski definition) is 3. The molecule has 0 spiro atoms. The first kappa shape index (κ1) is 16.3. The fourth-order valence-electron chi connectivity index (χ4n) is 1.98. The minimum absolute atomic E-state index is 0.0592. The molecule has 1 rings (SSSR count). The molecule has 1 aliphatic rings. The van der Waals surface area contributed by atoms with E-state index in [0.717, 1.165) is 25.9 Å². The lowest BCUT2D eigenvalue weighted by molar-refractivity contribution is -0.140. The molecule has 0 aromatic heterocycles. The summed E-state index contributed by atoms with van der Waals surface area (Å²) in [6.07, 6.45) is 3.55. The number of carbonyl (C=O) groups excluding carboxylic acids is 2. The van der Waals surface area contributed by atoms with Gasteiger partial charge in [-0.2, -0.15) is 0 Å². The van der Waals surface area contributed by atoms with E-state index in [0.29, 0.717) is 0 Å². The normalized spacial score (nSPS) is 16.4. The average Bonchev–Trinajstić information content (AvgIpc) is 2.45. The SMILES string of the molecule is CC(CNC(=O)NCCC(=O)N1CCCCC1)C(=O)O. The van der Waals surface area contributed by atoms with E-state index >= 15 is 0 Å². The molecular weight excluding hydrogens is 262 g/mol. The van der Waals surface area contributed by atoms with Crippen LogP contribution >= 0.6 is 0 Å². The van der Waals surface area contributed by atoms with Crippen molar-refractivity contribution in [2.24, 2.45) is 5.92 Å². The third-order valence-corrected chi connectivity index (χ3v) is 3.32. The van der Waals surface area contributed by atoms with Crippen molar-refractivity contribution in [3.05, 3.63) is 0 Å². The predicted molar refractivity (Wildman–Crippen MR) is 73.2 cm³/mol. The van der Waals surface area contributed by atoms with Crippen LogP contribution in [0.3, 0.4) is 0 Å². The highest BCUT2D eigenvalue weighted by molar-refractivity contribution is 5.78. The van der Waals surface area contributed by atoms with Crippen LogP contribution in [0, 0.1) is 5.92 Å². The molecule has 1 saturated heterocycles. The quantitative estimate of drug-likeness (QED) is 0.658. The number of amides is 3. The first-order chi connectivity index (χ1) is 9.50. The number of urea groups is 1. The van der Waals surface area contributed by atoms with Gasteiger partial charge in [-0.25, -0.2) is 4.79 Å². The molecule has 1 aliphatic heterocycles. The van der Waals surface area contributed by atoms with Crippen LogP contribution in [0.2, 0.25) is 0 Å². The van der Waals surface area contributed by atoms with Gasteiger partial charge in [0.15, 0.2) is 0 Å². The molecule has 7 heteroatoms. The molecule has 114 valence electrons. The Balaban J connectivity index is 2.12. The van der Waals surface area contributed by atoms with Crippen molar-refractivity contribution in [1.29, 1.82) is 0 Å². The van der Waals surface area contributed by atoms with E-state index in [9.17, 15) is 14.4 Å². The van der Waals surface area contributed by atoms with Gasteiger partial charge in [0, 0.05) is 32.6 Å². The Hall–Kier alpha value is -1.79. The van der Waals surface area contributed by atoms with E-state index in [-0.39, 0.29) is 25.4 Å². The number of rotatable bonds is 6. The number of carboxylic acids is 1. The second-order valence-corrected chi connectivity index (χ2v) is 5.07. The van der Waals surface area contributed by atoms with E-state index < -0.39 is 17.9 Å². The predicted octanol–water partition coefficient (Wildman–Crippen LogP) is 0.409. The molecule has 0 saturated carbocycles. The van der Waals surface area contributed by atoms with Gasteiger partial charge >= 0.3 is 12.0 Å². The van der Waals surface area contributed by atoms with Crippen molar-refractivity contribution in [3.8, 4) is 0 Å². The minimum Gasteiger partial charge on any atom is -0.481 e. The molecule has 0 radical (unpaired) electrons. The van der Waals surface area contributed by atoms with E-state index in [4.69, 9.17) is 5.11 Å². The number of carbonyl (C=O) groups is 3. The third-order valence-electron chi connectivity index (χ3n) is 3.32. The minimum atomic E-state index is -0.953. The van der Waals surface area contributed by atoms with E-state index in [1.165, 1.54) is 13.3 Å². The molecule has 7 nitrogen and oxygen atoms in total. The number of aliphatic carboxylic acids is 1. The highest BCUT2D eigenvalue weighted by Crippen LogP contribution is 2.09. The summed E-state index contributed by atoms with van der Waals surface area (Å²) in [6, 6.07) is -0.440. The topological polar surface area (TPSA) is 98.7 Å². The maximum atomic E-state index is 11.8. The Labute approximate surface area is 118 Å². The van der Waals surface area contributed by atoms with Crippen molar-refractivity contribution >= 4 is 17.9 Å². The smallest absolute Gasteiger partial charge is 0.314 e. The van der Waals surface area contributed by atoms with Gasteiger partial charge in [-0.3, -0.25) is 9.59 Å². The number of likely N-dealkylation sites (tertiary alicyclic amines) is 1. The van der Waals surface area contributed by atoms with Gasteiger partial charge in [-0.1, -0.05) is 6.92 Å². The van der Waals surface area contributed by atoms with Crippen LogP contribution in [0.5, 0.6) is 0 Å². The summed E-state index contributed by atoms with van der Waals surface area (Å²) in [5.41, 5.74) is 0. The Bertz CT molecular complexity index is 354. The Morgan fingerprint density at radius 1 is 1.15 bits per heavy atom. The largest absolute Gasteiger partial charge is 0.481 e. The summed E-state index contributed by atoms with van der Waals surface area (Å²) in [5, 5.41) is 13.7. The van der Waals surface area contributed by atoms with Crippen LogP contribution < -0.4 is 10.6 Å². The Morgan fingerprint density at radius 3 is 2.40 bits per heavy atom. The zero-order valence-electron chi connectivity index (χ0n) is 11.9.